The first-order valence-electron chi connectivity index (χ1n) is 6.32. The quantitative estimate of drug-likeness (QED) is 0.686. The van der Waals surface area contributed by atoms with E-state index in [-0.39, 0.29) is 0 Å². The molecule has 3 nitrogen and oxygen atoms in total. The van der Waals surface area contributed by atoms with Crippen LogP contribution in [0.25, 0.3) is 11.0 Å². The summed E-state index contributed by atoms with van der Waals surface area (Å²) in [6.45, 7) is 0. The third-order valence-corrected chi connectivity index (χ3v) is 4.24. The van der Waals surface area contributed by atoms with Gasteiger partial charge in [-0.25, -0.2) is 4.98 Å². The van der Waals surface area contributed by atoms with Gasteiger partial charge in [-0.1, -0.05) is 24.3 Å². The Balaban J connectivity index is 1.93. The van der Waals surface area contributed by atoms with Crippen molar-refractivity contribution in [2.75, 3.05) is 0 Å². The zero-order valence-corrected chi connectivity index (χ0v) is 11.9. The molecule has 3 rings (SSSR count). The molecule has 0 spiro atoms. The maximum absolute atomic E-state index is 9.14. The lowest BCUT2D eigenvalue weighted by Gasteiger charge is -2.02. The van der Waals surface area contributed by atoms with Crippen molar-refractivity contribution in [3.05, 3.63) is 59.9 Å². The van der Waals surface area contributed by atoms with Crippen molar-refractivity contribution < 1.29 is 0 Å². The average molecular weight is 279 g/mol. The zero-order chi connectivity index (χ0) is 13.9. The minimum Gasteiger partial charge on any atom is -0.330 e. The van der Waals surface area contributed by atoms with Gasteiger partial charge in [-0.15, -0.1) is 11.8 Å². The summed E-state index contributed by atoms with van der Waals surface area (Å²) in [4.78, 5) is 5.84. The number of aromatic nitrogens is 2. The predicted molar refractivity (Wildman–Crippen MR) is 81.4 cm³/mol. The van der Waals surface area contributed by atoms with Crippen LogP contribution in [0.4, 0.5) is 0 Å². The summed E-state index contributed by atoms with van der Waals surface area (Å²) in [7, 11) is 2.00. The third-order valence-electron chi connectivity index (χ3n) is 3.24. The number of para-hydroxylation sites is 1. The van der Waals surface area contributed by atoms with E-state index in [0.29, 0.717) is 5.56 Å². The summed E-state index contributed by atoms with van der Waals surface area (Å²) < 4.78 is 2.06. The zero-order valence-electron chi connectivity index (χ0n) is 11.1. The molecule has 3 aromatic rings. The highest BCUT2D eigenvalue weighted by Crippen LogP contribution is 2.25. The molecular formula is C16H13N3S. The Bertz CT molecular complexity index is 785. The van der Waals surface area contributed by atoms with Gasteiger partial charge in [-0.2, -0.15) is 5.26 Å². The van der Waals surface area contributed by atoms with Gasteiger partial charge in [-0.05, 0) is 24.3 Å². The van der Waals surface area contributed by atoms with E-state index < -0.39 is 0 Å². The highest BCUT2D eigenvalue weighted by molar-refractivity contribution is 7.98. The van der Waals surface area contributed by atoms with Crippen molar-refractivity contribution in [1.82, 2.24) is 9.55 Å². The fourth-order valence-electron chi connectivity index (χ4n) is 2.15. The molecule has 1 aromatic heterocycles. The number of thioether (sulfide) groups is 1. The van der Waals surface area contributed by atoms with E-state index in [4.69, 9.17) is 5.26 Å². The molecule has 2 aromatic carbocycles. The van der Waals surface area contributed by atoms with Gasteiger partial charge in [0.25, 0.3) is 0 Å². The molecule has 0 aliphatic carbocycles. The third kappa shape index (κ3) is 2.28. The van der Waals surface area contributed by atoms with Crippen LogP contribution in [0.15, 0.2) is 53.4 Å². The fraction of sp³-hybridized carbons (Fsp3) is 0.125. The number of hydrogen-bond donors (Lipinski definition) is 0. The second-order valence-corrected chi connectivity index (χ2v) is 5.52. The summed E-state index contributed by atoms with van der Waals surface area (Å²) in [5, 5.41) is 9.14. The molecule has 0 N–H and O–H groups in total. The molecule has 98 valence electrons. The molecule has 0 bridgehead atoms. The van der Waals surface area contributed by atoms with Crippen molar-refractivity contribution in [2.45, 2.75) is 10.6 Å². The SMILES string of the molecule is Cn1c(CSc2ccccc2)nc2c(C#N)cccc21. The maximum Gasteiger partial charge on any atom is 0.120 e. The molecular weight excluding hydrogens is 266 g/mol. The molecule has 1 heterocycles. The molecule has 0 unspecified atom stereocenters. The lowest BCUT2D eigenvalue weighted by molar-refractivity contribution is 0.876. The molecule has 20 heavy (non-hydrogen) atoms. The van der Waals surface area contributed by atoms with Crippen LogP contribution in [0.5, 0.6) is 0 Å². The molecule has 0 aliphatic rings. The van der Waals surface area contributed by atoms with E-state index in [9.17, 15) is 0 Å². The topological polar surface area (TPSA) is 41.6 Å². The average Bonchev–Trinajstić information content (AvgIpc) is 2.83. The fourth-order valence-corrected chi connectivity index (χ4v) is 3.05. The van der Waals surface area contributed by atoms with Crippen molar-refractivity contribution in [3.63, 3.8) is 0 Å². The molecule has 0 atom stereocenters. The molecule has 4 heteroatoms. The summed E-state index contributed by atoms with van der Waals surface area (Å²) in [5.41, 5.74) is 2.43. The minimum absolute atomic E-state index is 0.633. The Morgan fingerprint density at radius 1 is 1.15 bits per heavy atom. The second-order valence-electron chi connectivity index (χ2n) is 4.47. The Hall–Kier alpha value is -2.25. The van der Waals surface area contributed by atoms with E-state index in [0.717, 1.165) is 22.6 Å². The van der Waals surface area contributed by atoms with Crippen molar-refractivity contribution in [2.24, 2.45) is 7.05 Å². The highest BCUT2D eigenvalue weighted by atomic mass is 32.2. The smallest absolute Gasteiger partial charge is 0.120 e. The summed E-state index contributed by atoms with van der Waals surface area (Å²) in [5.74, 6) is 1.77. The van der Waals surface area contributed by atoms with Crippen LogP contribution in [0.2, 0.25) is 0 Å². The number of imidazole rings is 1. The number of benzene rings is 2. The number of aryl methyl sites for hydroxylation is 1. The first kappa shape index (κ1) is 12.8. The van der Waals surface area contributed by atoms with Crippen LogP contribution in [0.1, 0.15) is 11.4 Å². The highest BCUT2D eigenvalue weighted by Gasteiger charge is 2.10. The summed E-state index contributed by atoms with van der Waals surface area (Å²) >= 11 is 1.75. The lowest BCUT2D eigenvalue weighted by atomic mass is 10.2. The van der Waals surface area contributed by atoms with E-state index in [2.05, 4.69) is 27.8 Å². The van der Waals surface area contributed by atoms with Crippen LogP contribution in [-0.4, -0.2) is 9.55 Å². The van der Waals surface area contributed by atoms with Crippen LogP contribution >= 0.6 is 11.8 Å². The Kier molecular flexibility index (Phi) is 3.44. The van der Waals surface area contributed by atoms with Gasteiger partial charge in [-0.3, -0.25) is 0 Å². The van der Waals surface area contributed by atoms with E-state index in [1.54, 1.807) is 11.8 Å². The number of hydrogen-bond acceptors (Lipinski definition) is 3. The van der Waals surface area contributed by atoms with Crippen LogP contribution in [0, 0.1) is 11.3 Å². The number of fused-ring (bicyclic) bond motifs is 1. The van der Waals surface area contributed by atoms with Crippen molar-refractivity contribution in [1.29, 1.82) is 5.26 Å². The summed E-state index contributed by atoms with van der Waals surface area (Å²) in [6, 6.07) is 18.2. The van der Waals surface area contributed by atoms with E-state index >= 15 is 0 Å². The second kappa shape index (κ2) is 5.40. The minimum atomic E-state index is 0.633. The van der Waals surface area contributed by atoms with Crippen LogP contribution < -0.4 is 0 Å². The number of nitriles is 1. The molecule has 0 fully saturated rings. The molecule has 0 aliphatic heterocycles. The van der Waals surface area contributed by atoms with Crippen LogP contribution in [-0.2, 0) is 12.8 Å². The van der Waals surface area contributed by atoms with Crippen molar-refractivity contribution >= 4 is 22.8 Å². The number of rotatable bonds is 3. The predicted octanol–water partition coefficient (Wildman–Crippen LogP) is 3.74. The first-order valence-corrected chi connectivity index (χ1v) is 7.30. The van der Waals surface area contributed by atoms with Gasteiger partial charge in [0.15, 0.2) is 0 Å². The molecule has 0 saturated heterocycles. The monoisotopic (exact) mass is 279 g/mol. The van der Waals surface area contributed by atoms with Gasteiger partial charge in [0.05, 0.1) is 16.8 Å². The Morgan fingerprint density at radius 3 is 2.70 bits per heavy atom. The molecule has 0 amide bonds. The van der Waals surface area contributed by atoms with Crippen LogP contribution in [0.3, 0.4) is 0 Å². The lowest BCUT2D eigenvalue weighted by Crippen LogP contribution is -1.95. The largest absolute Gasteiger partial charge is 0.330 e. The standard InChI is InChI=1S/C16H13N3S/c1-19-14-9-5-6-12(10-17)16(14)18-15(19)11-20-13-7-3-2-4-8-13/h2-9H,11H2,1H3. The van der Waals surface area contributed by atoms with Crippen molar-refractivity contribution in [3.8, 4) is 6.07 Å². The molecule has 0 radical (unpaired) electrons. The van der Waals surface area contributed by atoms with Gasteiger partial charge in [0.1, 0.15) is 17.4 Å². The Morgan fingerprint density at radius 2 is 1.95 bits per heavy atom. The van der Waals surface area contributed by atoms with E-state index in [1.807, 2.05) is 43.4 Å². The Labute approximate surface area is 121 Å². The van der Waals surface area contributed by atoms with E-state index in [1.165, 1.54) is 4.90 Å². The van der Waals surface area contributed by atoms with Gasteiger partial charge in [0.2, 0.25) is 0 Å². The maximum atomic E-state index is 9.14. The summed E-state index contributed by atoms with van der Waals surface area (Å²) in [6.07, 6.45) is 0. The van der Waals surface area contributed by atoms with Gasteiger partial charge < -0.3 is 4.57 Å². The van der Waals surface area contributed by atoms with Gasteiger partial charge >= 0.3 is 0 Å². The number of nitrogens with zero attached hydrogens (tertiary/aromatic N) is 3. The van der Waals surface area contributed by atoms with Gasteiger partial charge in [0, 0.05) is 11.9 Å². The normalized spacial score (nSPS) is 10.6. The molecule has 0 saturated carbocycles. The first-order chi connectivity index (χ1) is 9.79.